The lowest BCUT2D eigenvalue weighted by Crippen LogP contribution is -2.10. The molecule has 0 radical (unpaired) electrons. The average Bonchev–Trinajstić information content (AvgIpc) is 3.43. The second kappa shape index (κ2) is 17.5. The molecular formula is C72H52. The zero-order chi connectivity index (χ0) is 48.3. The number of hydrogen-bond donors (Lipinski definition) is 0. The maximum Gasteiger partial charge on any atom is -0.00260 e. The smallest absolute Gasteiger partial charge is 0.00260 e. The molecule has 0 atom stereocenters. The molecule has 0 saturated heterocycles. The topological polar surface area (TPSA) is 0 Å². The van der Waals surface area contributed by atoms with Crippen molar-refractivity contribution in [1.29, 1.82) is 0 Å². The van der Waals surface area contributed by atoms with Gasteiger partial charge in [0.2, 0.25) is 0 Å². The van der Waals surface area contributed by atoms with E-state index in [4.69, 9.17) is 0 Å². The van der Waals surface area contributed by atoms with Crippen LogP contribution in [0.5, 0.6) is 0 Å². The molecule has 0 fully saturated rings. The molecular weight excluding hydrogens is 865 g/mol. The van der Waals surface area contributed by atoms with Gasteiger partial charge in [-0.2, -0.15) is 0 Å². The number of hydrogen-bond acceptors (Lipinski definition) is 0. The van der Waals surface area contributed by atoms with Gasteiger partial charge in [-0.3, -0.25) is 0 Å². The number of rotatable bonds is 4. The molecule has 0 unspecified atom stereocenters. The van der Waals surface area contributed by atoms with Gasteiger partial charge in [0.1, 0.15) is 0 Å². The SMILES string of the molecule is CC(C)(C)c1ccc2c(-c3ccc4ccccc4c3)c3ccccc3c(-c3ccc4ccccc4c3)c2c1.c1ccc2cc(-c3c4ccccc4c(-c4ccc5ccccc5c4)c4ccccc34)ccc2c1. The van der Waals surface area contributed by atoms with Crippen LogP contribution in [-0.2, 0) is 5.41 Å². The molecule has 0 saturated carbocycles. The van der Waals surface area contributed by atoms with E-state index in [-0.39, 0.29) is 5.41 Å². The van der Waals surface area contributed by atoms with Gasteiger partial charge < -0.3 is 0 Å². The Morgan fingerprint density at radius 3 is 0.708 bits per heavy atom. The molecule has 14 aromatic rings. The van der Waals surface area contributed by atoms with Crippen LogP contribution in [0.3, 0.4) is 0 Å². The molecule has 14 rings (SSSR count). The van der Waals surface area contributed by atoms with Crippen molar-refractivity contribution in [2.24, 2.45) is 0 Å². The molecule has 0 nitrogen and oxygen atoms in total. The monoisotopic (exact) mass is 916 g/mol. The van der Waals surface area contributed by atoms with Crippen LogP contribution in [0.15, 0.2) is 261 Å². The van der Waals surface area contributed by atoms with Gasteiger partial charge in [-0.1, -0.05) is 251 Å². The third-order valence-corrected chi connectivity index (χ3v) is 15.0. The molecule has 14 aromatic carbocycles. The second-order valence-corrected chi connectivity index (χ2v) is 20.4. The lowest BCUT2D eigenvalue weighted by atomic mass is 9.81. The quantitative estimate of drug-likeness (QED) is 0.154. The Kier molecular flexibility index (Phi) is 10.5. The third-order valence-electron chi connectivity index (χ3n) is 15.0. The largest absolute Gasteiger partial charge is 0.0616 e. The normalized spacial score (nSPS) is 11.8. The van der Waals surface area contributed by atoms with Crippen LogP contribution >= 0.6 is 0 Å². The highest BCUT2D eigenvalue weighted by atomic mass is 14.2. The molecule has 0 aliphatic rings. The first-order chi connectivity index (χ1) is 35.3. The first kappa shape index (κ1) is 43.2. The van der Waals surface area contributed by atoms with E-state index in [9.17, 15) is 0 Å². The van der Waals surface area contributed by atoms with Gasteiger partial charge in [0.15, 0.2) is 0 Å². The highest BCUT2D eigenvalue weighted by Crippen LogP contribution is 2.47. The van der Waals surface area contributed by atoms with Crippen LogP contribution < -0.4 is 0 Å². The van der Waals surface area contributed by atoms with Crippen molar-refractivity contribution in [2.45, 2.75) is 26.2 Å². The van der Waals surface area contributed by atoms with Crippen molar-refractivity contribution in [3.8, 4) is 44.5 Å². The summed E-state index contributed by atoms with van der Waals surface area (Å²) in [5.41, 5.74) is 11.7. The molecule has 340 valence electrons. The summed E-state index contributed by atoms with van der Waals surface area (Å²) in [5, 5.41) is 20.5. The van der Waals surface area contributed by atoms with Crippen molar-refractivity contribution in [3.63, 3.8) is 0 Å². The van der Waals surface area contributed by atoms with Crippen LogP contribution in [0.1, 0.15) is 26.3 Å². The van der Waals surface area contributed by atoms with Crippen LogP contribution in [0.4, 0.5) is 0 Å². The van der Waals surface area contributed by atoms with Crippen molar-refractivity contribution in [2.75, 3.05) is 0 Å². The first-order valence-electron chi connectivity index (χ1n) is 25.2. The maximum atomic E-state index is 2.44. The van der Waals surface area contributed by atoms with Crippen LogP contribution in [0.25, 0.3) is 131 Å². The summed E-state index contributed by atoms with van der Waals surface area (Å²) in [6, 6.07) is 95.8. The molecule has 0 N–H and O–H groups in total. The third kappa shape index (κ3) is 7.56. The second-order valence-electron chi connectivity index (χ2n) is 20.4. The minimum atomic E-state index is 0.0591. The molecule has 0 spiro atoms. The van der Waals surface area contributed by atoms with Crippen molar-refractivity contribution < 1.29 is 0 Å². The zero-order valence-corrected chi connectivity index (χ0v) is 40.8. The number of fused-ring (bicyclic) bond motifs is 8. The van der Waals surface area contributed by atoms with Gasteiger partial charge in [-0.25, -0.2) is 0 Å². The molecule has 0 aromatic heterocycles. The fraction of sp³-hybridized carbons (Fsp3) is 0.0556. The van der Waals surface area contributed by atoms with Crippen molar-refractivity contribution in [1.82, 2.24) is 0 Å². The minimum absolute atomic E-state index is 0.0591. The predicted octanol–water partition coefficient (Wildman–Crippen LogP) is 20.6. The lowest BCUT2D eigenvalue weighted by molar-refractivity contribution is 0.591. The predicted molar refractivity (Wildman–Crippen MR) is 313 cm³/mol. The standard InChI is InChI=1S/C38H30.C34H22/c1-38(2,3)31-20-21-34-35(24-31)37(30-19-17-26-11-5-7-13-28(26)23-30)33-15-9-8-14-32(33)36(34)29-18-16-25-10-4-6-12-27(25)22-29;1-3-11-25-21-27(19-17-23(25)9-1)33-29-13-5-7-15-31(29)34(32-16-8-6-14-30(32)33)28-20-18-24-10-2-4-12-26(24)22-28/h4-24H,1-3H3;1-22H. The summed E-state index contributed by atoms with van der Waals surface area (Å²) < 4.78 is 0. The van der Waals surface area contributed by atoms with Crippen LogP contribution in [0, 0.1) is 0 Å². The van der Waals surface area contributed by atoms with E-state index in [0.717, 1.165) is 0 Å². The lowest BCUT2D eigenvalue weighted by Gasteiger charge is -2.23. The van der Waals surface area contributed by atoms with Gasteiger partial charge in [-0.15, -0.1) is 0 Å². The van der Waals surface area contributed by atoms with Gasteiger partial charge in [0.05, 0.1) is 0 Å². The molecule has 72 heavy (non-hydrogen) atoms. The summed E-state index contributed by atoms with van der Waals surface area (Å²) in [4.78, 5) is 0. The minimum Gasteiger partial charge on any atom is -0.0616 e. The molecule has 0 bridgehead atoms. The van der Waals surface area contributed by atoms with E-state index in [1.165, 1.54) is 136 Å². The summed E-state index contributed by atoms with van der Waals surface area (Å²) in [6.45, 7) is 6.90. The first-order valence-corrected chi connectivity index (χ1v) is 25.2. The van der Waals surface area contributed by atoms with Gasteiger partial charge >= 0.3 is 0 Å². The Balaban J connectivity index is 0.000000141. The zero-order valence-electron chi connectivity index (χ0n) is 40.8. The van der Waals surface area contributed by atoms with Crippen LogP contribution in [0.2, 0.25) is 0 Å². The summed E-state index contributed by atoms with van der Waals surface area (Å²) in [5.74, 6) is 0. The average molecular weight is 917 g/mol. The van der Waals surface area contributed by atoms with Crippen molar-refractivity contribution in [3.05, 3.63) is 266 Å². The Morgan fingerprint density at radius 2 is 0.431 bits per heavy atom. The Hall–Kier alpha value is -8.84. The summed E-state index contributed by atoms with van der Waals surface area (Å²) in [6.07, 6.45) is 0. The van der Waals surface area contributed by atoms with Crippen LogP contribution in [-0.4, -0.2) is 0 Å². The highest BCUT2D eigenvalue weighted by Gasteiger charge is 2.21. The van der Waals surface area contributed by atoms with E-state index < -0.39 is 0 Å². The summed E-state index contributed by atoms with van der Waals surface area (Å²) >= 11 is 0. The van der Waals surface area contributed by atoms with E-state index in [1.54, 1.807) is 0 Å². The molecule has 0 heterocycles. The Labute approximate surface area is 421 Å². The molecule has 0 heteroatoms. The molecule has 0 aliphatic heterocycles. The molecule has 0 amide bonds. The Bertz CT molecular complexity index is 4230. The van der Waals surface area contributed by atoms with E-state index in [1.807, 2.05) is 0 Å². The Morgan fingerprint density at radius 1 is 0.194 bits per heavy atom. The maximum absolute atomic E-state index is 2.44. The molecule has 0 aliphatic carbocycles. The van der Waals surface area contributed by atoms with Crippen molar-refractivity contribution >= 4 is 86.2 Å². The fourth-order valence-electron chi connectivity index (χ4n) is 11.4. The summed E-state index contributed by atoms with van der Waals surface area (Å²) in [7, 11) is 0. The van der Waals surface area contributed by atoms with Gasteiger partial charge in [0, 0.05) is 0 Å². The fourth-order valence-corrected chi connectivity index (χ4v) is 11.4. The van der Waals surface area contributed by atoms with Gasteiger partial charge in [0.25, 0.3) is 0 Å². The van der Waals surface area contributed by atoms with E-state index >= 15 is 0 Å². The van der Waals surface area contributed by atoms with Gasteiger partial charge in [-0.05, 0) is 172 Å². The van der Waals surface area contributed by atoms with E-state index in [2.05, 4.69) is 282 Å². The highest BCUT2D eigenvalue weighted by molar-refractivity contribution is 6.23. The number of benzene rings is 14. The van der Waals surface area contributed by atoms with E-state index in [0.29, 0.717) is 0 Å².